The highest BCUT2D eigenvalue weighted by molar-refractivity contribution is 9.10. The first-order chi connectivity index (χ1) is 7.81. The number of ether oxygens (including phenoxy) is 1. The predicted molar refractivity (Wildman–Crippen MR) is 70.0 cm³/mol. The fourth-order valence-corrected chi connectivity index (χ4v) is 2.82. The quantitative estimate of drug-likeness (QED) is 0.920. The van der Waals surface area contributed by atoms with Crippen molar-refractivity contribution in [2.24, 2.45) is 0 Å². The molecule has 1 fully saturated rings. The van der Waals surface area contributed by atoms with Crippen molar-refractivity contribution in [3.05, 3.63) is 28.2 Å². The second kappa shape index (κ2) is 5.69. The Balaban J connectivity index is 2.08. The van der Waals surface area contributed by atoms with E-state index in [0.717, 1.165) is 23.2 Å². The molecule has 0 aliphatic carbocycles. The summed E-state index contributed by atoms with van der Waals surface area (Å²) >= 11 is 3.62. The monoisotopic (exact) mass is 283 g/mol. The van der Waals surface area contributed by atoms with E-state index in [4.69, 9.17) is 4.74 Å². The summed E-state index contributed by atoms with van der Waals surface area (Å²) < 4.78 is 6.41. The fraction of sp³-hybridized carbons (Fsp3) is 0.538. The van der Waals surface area contributed by atoms with Gasteiger partial charge in [-0.15, -0.1) is 0 Å². The second-order valence-corrected chi connectivity index (χ2v) is 5.08. The lowest BCUT2D eigenvalue weighted by Crippen LogP contribution is -2.35. The van der Waals surface area contributed by atoms with E-state index in [1.54, 1.807) is 7.11 Å². The minimum atomic E-state index is 0.622. The zero-order chi connectivity index (χ0) is 11.4. The van der Waals surface area contributed by atoms with Gasteiger partial charge in [0.1, 0.15) is 5.75 Å². The Morgan fingerprint density at radius 3 is 3.00 bits per heavy atom. The third-order valence-electron chi connectivity index (χ3n) is 3.14. The topological polar surface area (TPSA) is 21.3 Å². The molecule has 0 saturated carbocycles. The van der Waals surface area contributed by atoms with Crippen LogP contribution < -0.4 is 10.1 Å². The van der Waals surface area contributed by atoms with Crippen molar-refractivity contribution in [3.8, 4) is 5.75 Å². The van der Waals surface area contributed by atoms with Gasteiger partial charge in [-0.25, -0.2) is 0 Å². The van der Waals surface area contributed by atoms with Gasteiger partial charge in [0.15, 0.2) is 0 Å². The van der Waals surface area contributed by atoms with Crippen LogP contribution in [0.2, 0.25) is 0 Å². The Labute approximate surface area is 106 Å². The summed E-state index contributed by atoms with van der Waals surface area (Å²) in [6.07, 6.45) is 5.02. The van der Waals surface area contributed by atoms with Gasteiger partial charge in [0.05, 0.1) is 11.6 Å². The lowest BCUT2D eigenvalue weighted by atomic mass is 9.98. The van der Waals surface area contributed by atoms with Gasteiger partial charge >= 0.3 is 0 Å². The summed E-state index contributed by atoms with van der Waals surface area (Å²) in [5, 5.41) is 3.57. The highest BCUT2D eigenvalue weighted by Crippen LogP contribution is 2.29. The second-order valence-electron chi connectivity index (χ2n) is 4.28. The van der Waals surface area contributed by atoms with E-state index >= 15 is 0 Å². The first kappa shape index (κ1) is 11.9. The molecule has 0 amide bonds. The smallest absolute Gasteiger partial charge is 0.133 e. The van der Waals surface area contributed by atoms with Crippen molar-refractivity contribution < 1.29 is 4.74 Å². The minimum Gasteiger partial charge on any atom is -0.496 e. The highest BCUT2D eigenvalue weighted by Gasteiger charge is 2.15. The highest BCUT2D eigenvalue weighted by atomic mass is 79.9. The molecule has 1 aliphatic rings. The lowest BCUT2D eigenvalue weighted by Gasteiger charge is -2.24. The number of hydrogen-bond acceptors (Lipinski definition) is 2. The number of piperidine rings is 1. The van der Waals surface area contributed by atoms with Crippen molar-refractivity contribution in [2.45, 2.75) is 31.7 Å². The molecule has 1 saturated heterocycles. The van der Waals surface area contributed by atoms with E-state index in [1.165, 1.54) is 24.8 Å². The standard InChI is InChI=1S/C13H18BrNO/c1-16-12-7-4-5-10(13(12)14)9-11-6-2-3-8-15-11/h4-5,7,11,15H,2-3,6,8-9H2,1H3. The largest absolute Gasteiger partial charge is 0.496 e. The summed E-state index contributed by atoms with van der Waals surface area (Å²) in [6, 6.07) is 6.84. The van der Waals surface area contributed by atoms with Crippen molar-refractivity contribution in [2.75, 3.05) is 13.7 Å². The first-order valence-electron chi connectivity index (χ1n) is 5.86. The maximum Gasteiger partial charge on any atom is 0.133 e. The van der Waals surface area contributed by atoms with Gasteiger partial charge in [-0.05, 0) is 53.4 Å². The number of methoxy groups -OCH3 is 1. The molecule has 1 heterocycles. The van der Waals surface area contributed by atoms with Gasteiger partial charge in [0.2, 0.25) is 0 Å². The third kappa shape index (κ3) is 2.77. The molecule has 1 N–H and O–H groups in total. The maximum absolute atomic E-state index is 5.31. The Hall–Kier alpha value is -0.540. The molecule has 0 radical (unpaired) electrons. The van der Waals surface area contributed by atoms with Crippen LogP contribution >= 0.6 is 15.9 Å². The van der Waals surface area contributed by atoms with Crippen LogP contribution in [0.25, 0.3) is 0 Å². The zero-order valence-electron chi connectivity index (χ0n) is 9.63. The summed E-state index contributed by atoms with van der Waals surface area (Å²) in [5.74, 6) is 0.924. The van der Waals surface area contributed by atoms with Crippen LogP contribution in [-0.4, -0.2) is 19.7 Å². The molecule has 2 nitrogen and oxygen atoms in total. The first-order valence-corrected chi connectivity index (χ1v) is 6.65. The van der Waals surface area contributed by atoms with E-state index in [-0.39, 0.29) is 0 Å². The number of hydrogen-bond donors (Lipinski definition) is 1. The van der Waals surface area contributed by atoms with Gasteiger partial charge < -0.3 is 10.1 Å². The molecular formula is C13H18BrNO. The molecule has 0 aromatic heterocycles. The summed E-state index contributed by atoms with van der Waals surface area (Å²) in [5.41, 5.74) is 1.33. The average Bonchev–Trinajstić information content (AvgIpc) is 2.33. The van der Waals surface area contributed by atoms with E-state index in [2.05, 4.69) is 33.4 Å². The van der Waals surface area contributed by atoms with Crippen molar-refractivity contribution in [1.29, 1.82) is 0 Å². The Morgan fingerprint density at radius 1 is 1.44 bits per heavy atom. The molecule has 88 valence electrons. The Kier molecular flexibility index (Phi) is 4.24. The van der Waals surface area contributed by atoms with Gasteiger partial charge in [-0.1, -0.05) is 18.6 Å². The molecule has 0 spiro atoms. The molecule has 3 heteroatoms. The SMILES string of the molecule is COc1cccc(CC2CCCCN2)c1Br. The number of nitrogens with one attached hydrogen (secondary N) is 1. The zero-order valence-corrected chi connectivity index (χ0v) is 11.2. The van der Waals surface area contributed by atoms with Gasteiger partial charge in [-0.3, -0.25) is 0 Å². The molecule has 1 atom stereocenters. The van der Waals surface area contributed by atoms with Crippen molar-refractivity contribution in [1.82, 2.24) is 5.32 Å². The van der Waals surface area contributed by atoms with Crippen molar-refractivity contribution >= 4 is 15.9 Å². The predicted octanol–water partition coefficient (Wildman–Crippen LogP) is 3.14. The lowest BCUT2D eigenvalue weighted by molar-refractivity contribution is 0.395. The third-order valence-corrected chi connectivity index (χ3v) is 4.04. The van der Waals surface area contributed by atoms with Crippen LogP contribution in [0.5, 0.6) is 5.75 Å². The molecule has 1 aromatic carbocycles. The summed E-state index contributed by atoms with van der Waals surface area (Å²) in [7, 11) is 1.71. The minimum absolute atomic E-state index is 0.622. The van der Waals surface area contributed by atoms with Crippen LogP contribution in [0.1, 0.15) is 24.8 Å². The van der Waals surface area contributed by atoms with Crippen LogP contribution in [0.3, 0.4) is 0 Å². The van der Waals surface area contributed by atoms with Gasteiger partial charge in [0.25, 0.3) is 0 Å². The summed E-state index contributed by atoms with van der Waals surface area (Å²) in [4.78, 5) is 0. The maximum atomic E-state index is 5.31. The molecule has 2 rings (SSSR count). The number of benzene rings is 1. The molecule has 1 aliphatic heterocycles. The number of halogens is 1. The van der Waals surface area contributed by atoms with Gasteiger partial charge in [-0.2, -0.15) is 0 Å². The Morgan fingerprint density at radius 2 is 2.31 bits per heavy atom. The normalized spacial score (nSPS) is 20.8. The van der Waals surface area contributed by atoms with Crippen LogP contribution in [0.4, 0.5) is 0 Å². The van der Waals surface area contributed by atoms with Crippen LogP contribution in [-0.2, 0) is 6.42 Å². The van der Waals surface area contributed by atoms with E-state index in [9.17, 15) is 0 Å². The molecule has 0 bridgehead atoms. The molecular weight excluding hydrogens is 266 g/mol. The van der Waals surface area contributed by atoms with Crippen LogP contribution in [0.15, 0.2) is 22.7 Å². The fourth-order valence-electron chi connectivity index (χ4n) is 2.24. The van der Waals surface area contributed by atoms with Gasteiger partial charge in [0, 0.05) is 6.04 Å². The molecule has 16 heavy (non-hydrogen) atoms. The average molecular weight is 284 g/mol. The Bertz CT molecular complexity index is 348. The van der Waals surface area contributed by atoms with E-state index in [1.807, 2.05) is 6.07 Å². The van der Waals surface area contributed by atoms with Crippen molar-refractivity contribution in [3.63, 3.8) is 0 Å². The summed E-state index contributed by atoms with van der Waals surface area (Å²) in [6.45, 7) is 1.16. The van der Waals surface area contributed by atoms with E-state index < -0.39 is 0 Å². The number of rotatable bonds is 3. The van der Waals surface area contributed by atoms with Crippen LogP contribution in [0, 0.1) is 0 Å². The molecule has 1 unspecified atom stereocenters. The molecule has 1 aromatic rings. The van der Waals surface area contributed by atoms with E-state index in [0.29, 0.717) is 6.04 Å².